The van der Waals surface area contributed by atoms with E-state index in [0.29, 0.717) is 22.5 Å². The van der Waals surface area contributed by atoms with Gasteiger partial charge in [-0.1, -0.05) is 5.46 Å². The van der Waals surface area contributed by atoms with Crippen molar-refractivity contribution in [1.82, 2.24) is 14.6 Å². The monoisotopic (exact) mass is 173 g/mol. The summed E-state index contributed by atoms with van der Waals surface area (Å²) in [6, 6.07) is 0. The minimum absolute atomic E-state index is 0.340. The van der Waals surface area contributed by atoms with Crippen LogP contribution in [0, 0.1) is 6.92 Å². The van der Waals surface area contributed by atoms with Crippen LogP contribution in [0.25, 0.3) is 5.52 Å². The first kappa shape index (κ1) is 7.91. The van der Waals surface area contributed by atoms with Crippen LogP contribution in [0.1, 0.15) is 5.69 Å². The maximum Gasteiger partial charge on any atom is 0.153 e. The van der Waals surface area contributed by atoms with Crippen molar-refractivity contribution in [2.75, 3.05) is 11.5 Å². The average Bonchev–Trinajstić information content (AvgIpc) is 2.33. The molecule has 13 heavy (non-hydrogen) atoms. The standard InChI is InChI=1S/C7H8BN5/c1-3-4(8)5(9)6-7(10)11-2-12-13(3)6/h2H,9H2,1H3,(H2,10,11,12). The quantitative estimate of drug-likeness (QED) is 0.500. The third kappa shape index (κ3) is 0.882. The van der Waals surface area contributed by atoms with Crippen molar-refractivity contribution >= 4 is 30.3 Å². The predicted octanol–water partition coefficient (Wildman–Crippen LogP) is -1.00. The number of hydrogen-bond acceptors (Lipinski definition) is 4. The van der Waals surface area contributed by atoms with Crippen molar-refractivity contribution in [1.29, 1.82) is 0 Å². The Hall–Kier alpha value is -1.72. The largest absolute Gasteiger partial charge is 0.397 e. The molecule has 2 radical (unpaired) electrons. The first-order chi connectivity index (χ1) is 6.13. The summed E-state index contributed by atoms with van der Waals surface area (Å²) in [6.07, 6.45) is 1.37. The molecule has 0 fully saturated rings. The van der Waals surface area contributed by atoms with Gasteiger partial charge in [-0.15, -0.1) is 0 Å². The Morgan fingerprint density at radius 2 is 2.15 bits per heavy atom. The van der Waals surface area contributed by atoms with Gasteiger partial charge in [0, 0.05) is 5.69 Å². The molecule has 0 aliphatic heterocycles. The van der Waals surface area contributed by atoms with Gasteiger partial charge in [0.1, 0.15) is 19.7 Å². The van der Waals surface area contributed by atoms with Crippen LogP contribution >= 0.6 is 0 Å². The summed E-state index contributed by atoms with van der Waals surface area (Å²) in [5.41, 5.74) is 13.7. The van der Waals surface area contributed by atoms with Crippen molar-refractivity contribution in [2.24, 2.45) is 0 Å². The first-order valence-electron chi connectivity index (χ1n) is 3.75. The van der Waals surface area contributed by atoms with Crippen LogP contribution in [0.3, 0.4) is 0 Å². The summed E-state index contributed by atoms with van der Waals surface area (Å²) in [5, 5.41) is 3.99. The van der Waals surface area contributed by atoms with E-state index in [-0.39, 0.29) is 0 Å². The molecule has 0 saturated carbocycles. The molecule has 64 valence electrons. The second-order valence-electron chi connectivity index (χ2n) is 2.82. The smallest absolute Gasteiger partial charge is 0.153 e. The molecule has 2 aromatic heterocycles. The van der Waals surface area contributed by atoms with Crippen molar-refractivity contribution in [2.45, 2.75) is 6.92 Å². The number of hydrogen-bond donors (Lipinski definition) is 2. The Balaban J connectivity index is 3.03. The summed E-state index contributed by atoms with van der Waals surface area (Å²) in [5.74, 6) is 0.340. The zero-order valence-corrected chi connectivity index (χ0v) is 7.15. The molecule has 2 aromatic rings. The topological polar surface area (TPSA) is 82.2 Å². The van der Waals surface area contributed by atoms with E-state index in [4.69, 9.17) is 19.3 Å². The Bertz CT molecular complexity index is 475. The molecule has 0 amide bonds. The minimum Gasteiger partial charge on any atom is -0.397 e. The van der Waals surface area contributed by atoms with Gasteiger partial charge in [-0.05, 0) is 6.92 Å². The number of fused-ring (bicyclic) bond motifs is 1. The van der Waals surface area contributed by atoms with Crippen LogP contribution in [0.4, 0.5) is 11.5 Å². The molecule has 2 heterocycles. The second kappa shape index (κ2) is 2.38. The number of nitrogen functional groups attached to an aromatic ring is 2. The highest BCUT2D eigenvalue weighted by molar-refractivity contribution is 6.38. The highest BCUT2D eigenvalue weighted by atomic mass is 15.3. The molecule has 0 aliphatic rings. The van der Waals surface area contributed by atoms with E-state index < -0.39 is 0 Å². The van der Waals surface area contributed by atoms with E-state index in [9.17, 15) is 0 Å². The Kier molecular flexibility index (Phi) is 1.45. The lowest BCUT2D eigenvalue weighted by molar-refractivity contribution is 0.878. The van der Waals surface area contributed by atoms with Crippen LogP contribution in [-0.2, 0) is 0 Å². The molecule has 0 unspecified atom stereocenters. The van der Waals surface area contributed by atoms with Gasteiger partial charge in [-0.2, -0.15) is 5.10 Å². The molecule has 0 bridgehead atoms. The highest BCUT2D eigenvalue weighted by Gasteiger charge is 2.11. The van der Waals surface area contributed by atoms with Crippen LogP contribution in [0.2, 0.25) is 0 Å². The zero-order valence-electron chi connectivity index (χ0n) is 7.15. The molecule has 5 nitrogen and oxygen atoms in total. The van der Waals surface area contributed by atoms with Crippen LogP contribution < -0.4 is 16.9 Å². The van der Waals surface area contributed by atoms with E-state index in [0.717, 1.165) is 5.69 Å². The molecule has 2 rings (SSSR count). The molecule has 0 atom stereocenters. The summed E-state index contributed by atoms with van der Waals surface area (Å²) in [7, 11) is 5.71. The number of nitrogens with two attached hydrogens (primary N) is 2. The second-order valence-corrected chi connectivity index (χ2v) is 2.82. The first-order valence-corrected chi connectivity index (χ1v) is 3.75. The zero-order chi connectivity index (χ0) is 9.59. The normalized spacial score (nSPS) is 10.8. The van der Waals surface area contributed by atoms with Crippen molar-refractivity contribution in [3.63, 3.8) is 0 Å². The van der Waals surface area contributed by atoms with Gasteiger partial charge >= 0.3 is 0 Å². The summed E-state index contributed by atoms with van der Waals surface area (Å²) < 4.78 is 1.59. The molecule has 0 aliphatic carbocycles. The molecule has 6 heteroatoms. The lowest BCUT2D eigenvalue weighted by Crippen LogP contribution is -2.09. The summed E-state index contributed by atoms with van der Waals surface area (Å²) in [4.78, 5) is 3.83. The van der Waals surface area contributed by atoms with E-state index in [1.165, 1.54) is 6.33 Å². The molecule has 0 saturated heterocycles. The van der Waals surface area contributed by atoms with Gasteiger partial charge in [-0.3, -0.25) is 0 Å². The Labute approximate surface area is 76.2 Å². The number of nitrogens with zero attached hydrogens (tertiary/aromatic N) is 3. The maximum atomic E-state index is 5.73. The van der Waals surface area contributed by atoms with Gasteiger partial charge in [0.25, 0.3) is 0 Å². The van der Waals surface area contributed by atoms with Crippen molar-refractivity contribution in [3.8, 4) is 0 Å². The Morgan fingerprint density at radius 3 is 2.77 bits per heavy atom. The van der Waals surface area contributed by atoms with Gasteiger partial charge in [0.15, 0.2) is 5.82 Å². The van der Waals surface area contributed by atoms with E-state index in [2.05, 4.69) is 10.1 Å². The van der Waals surface area contributed by atoms with Gasteiger partial charge in [0.2, 0.25) is 0 Å². The summed E-state index contributed by atoms with van der Waals surface area (Å²) in [6.45, 7) is 1.82. The van der Waals surface area contributed by atoms with E-state index in [1.54, 1.807) is 4.52 Å². The number of rotatable bonds is 0. The Morgan fingerprint density at radius 1 is 1.46 bits per heavy atom. The fourth-order valence-electron chi connectivity index (χ4n) is 1.31. The average molecular weight is 173 g/mol. The lowest BCUT2D eigenvalue weighted by atomic mass is 9.95. The SMILES string of the molecule is [B]c1c(N)c2c(N)ncnn2c1C. The van der Waals surface area contributed by atoms with E-state index >= 15 is 0 Å². The summed E-state index contributed by atoms with van der Waals surface area (Å²) >= 11 is 0. The van der Waals surface area contributed by atoms with Crippen LogP contribution in [0.5, 0.6) is 0 Å². The predicted molar refractivity (Wildman–Crippen MR) is 51.9 cm³/mol. The minimum atomic E-state index is 0.340. The number of anilines is 2. The number of aryl methyl sites for hydroxylation is 1. The molecular weight excluding hydrogens is 165 g/mol. The van der Waals surface area contributed by atoms with Crippen molar-refractivity contribution in [3.05, 3.63) is 12.0 Å². The van der Waals surface area contributed by atoms with E-state index in [1.807, 2.05) is 6.92 Å². The highest BCUT2D eigenvalue weighted by Crippen LogP contribution is 2.18. The fraction of sp³-hybridized carbons (Fsp3) is 0.143. The van der Waals surface area contributed by atoms with Gasteiger partial charge in [-0.25, -0.2) is 9.50 Å². The lowest BCUT2D eigenvalue weighted by Gasteiger charge is -1.98. The number of aromatic nitrogens is 3. The van der Waals surface area contributed by atoms with Crippen LogP contribution in [0.15, 0.2) is 6.33 Å². The van der Waals surface area contributed by atoms with Gasteiger partial charge < -0.3 is 11.5 Å². The molecular formula is C7H8BN5. The molecule has 0 aromatic carbocycles. The van der Waals surface area contributed by atoms with Crippen molar-refractivity contribution < 1.29 is 0 Å². The molecule has 4 N–H and O–H groups in total. The third-order valence-electron chi connectivity index (χ3n) is 2.07. The molecule has 0 spiro atoms. The van der Waals surface area contributed by atoms with Gasteiger partial charge in [0.05, 0.1) is 5.69 Å². The third-order valence-corrected chi connectivity index (χ3v) is 2.07. The fourth-order valence-corrected chi connectivity index (χ4v) is 1.31. The van der Waals surface area contributed by atoms with Crippen LogP contribution in [-0.4, -0.2) is 22.4 Å². The maximum absolute atomic E-state index is 5.73.